The Morgan fingerprint density at radius 3 is 2.71 bits per heavy atom. The molecule has 0 aliphatic heterocycles. The number of aryl methyl sites for hydroxylation is 1. The summed E-state index contributed by atoms with van der Waals surface area (Å²) in [5, 5.41) is 7.61. The van der Waals surface area contributed by atoms with Crippen LogP contribution in [0.4, 0.5) is 10.1 Å². The lowest BCUT2D eigenvalue weighted by molar-refractivity contribution is -0.116. The predicted octanol–water partition coefficient (Wildman–Crippen LogP) is 5.77. The minimum absolute atomic E-state index is 0.0627. The molecule has 0 unspecified atom stereocenters. The molecule has 0 fully saturated rings. The molecule has 0 aliphatic carbocycles. The van der Waals surface area contributed by atoms with E-state index in [1.54, 1.807) is 35.4 Å². The van der Waals surface area contributed by atoms with E-state index in [1.165, 1.54) is 19.2 Å². The fourth-order valence-electron chi connectivity index (χ4n) is 4.77. The van der Waals surface area contributed by atoms with Gasteiger partial charge in [-0.1, -0.05) is 13.8 Å². The van der Waals surface area contributed by atoms with Gasteiger partial charge in [0.1, 0.15) is 22.6 Å². The number of H-pyrrole nitrogens is 1. The van der Waals surface area contributed by atoms with Crippen molar-refractivity contribution in [2.24, 2.45) is 13.0 Å². The molecular formula is C30H27FN8O2. The van der Waals surface area contributed by atoms with Crippen LogP contribution in [-0.2, 0) is 11.8 Å². The van der Waals surface area contributed by atoms with Crippen molar-refractivity contribution in [3.8, 4) is 39.8 Å². The molecule has 0 aliphatic rings. The predicted molar refractivity (Wildman–Crippen MR) is 155 cm³/mol. The van der Waals surface area contributed by atoms with Gasteiger partial charge in [-0.2, -0.15) is 5.10 Å². The first kappa shape index (κ1) is 26.1. The van der Waals surface area contributed by atoms with Crippen LogP contribution in [0.15, 0.2) is 61.1 Å². The number of benzene rings is 1. The molecule has 6 aromatic rings. The van der Waals surface area contributed by atoms with Crippen molar-refractivity contribution in [2.75, 3.05) is 12.4 Å². The van der Waals surface area contributed by atoms with E-state index in [4.69, 9.17) is 19.8 Å². The number of amides is 1. The summed E-state index contributed by atoms with van der Waals surface area (Å²) >= 11 is 0. The first-order valence-electron chi connectivity index (χ1n) is 13.1. The lowest BCUT2D eigenvalue weighted by Gasteiger charge is -2.08. The van der Waals surface area contributed by atoms with Gasteiger partial charge in [0.15, 0.2) is 11.5 Å². The molecule has 0 spiro atoms. The number of hydrogen-bond acceptors (Lipinski definition) is 7. The molecule has 0 bridgehead atoms. The summed E-state index contributed by atoms with van der Waals surface area (Å²) in [6.07, 6.45) is 5.39. The number of aromatic nitrogens is 7. The summed E-state index contributed by atoms with van der Waals surface area (Å²) in [6.45, 7) is 3.99. The molecule has 5 aromatic heterocycles. The van der Waals surface area contributed by atoms with Crippen LogP contribution < -0.4 is 10.1 Å². The van der Waals surface area contributed by atoms with E-state index in [0.717, 1.165) is 16.6 Å². The van der Waals surface area contributed by atoms with Crippen LogP contribution in [-0.4, -0.2) is 47.7 Å². The van der Waals surface area contributed by atoms with E-state index in [1.807, 2.05) is 39.1 Å². The molecule has 2 N–H and O–H groups in total. The lowest BCUT2D eigenvalue weighted by atomic mass is 10.1. The number of hydrogen-bond donors (Lipinski definition) is 2. The monoisotopic (exact) mass is 550 g/mol. The van der Waals surface area contributed by atoms with E-state index in [9.17, 15) is 9.18 Å². The van der Waals surface area contributed by atoms with Crippen LogP contribution in [0, 0.1) is 11.7 Å². The second-order valence-electron chi connectivity index (χ2n) is 10.2. The number of carbonyl (C=O) groups is 1. The highest BCUT2D eigenvalue weighted by Gasteiger charge is 2.19. The molecule has 6 rings (SSSR count). The van der Waals surface area contributed by atoms with Crippen LogP contribution in [0.25, 0.3) is 56.1 Å². The first-order chi connectivity index (χ1) is 19.8. The summed E-state index contributed by atoms with van der Waals surface area (Å²) in [5.74, 6) is 0.647. The number of ether oxygens (including phenoxy) is 1. The van der Waals surface area contributed by atoms with Gasteiger partial charge in [0.2, 0.25) is 5.91 Å². The highest BCUT2D eigenvalue weighted by Crippen LogP contribution is 2.33. The number of nitrogens with one attached hydrogen (secondary N) is 2. The van der Waals surface area contributed by atoms with Gasteiger partial charge in [-0.25, -0.2) is 14.4 Å². The number of fused-ring (bicyclic) bond motifs is 2. The van der Waals surface area contributed by atoms with Gasteiger partial charge < -0.3 is 15.0 Å². The zero-order chi connectivity index (χ0) is 28.7. The Bertz CT molecular complexity index is 1930. The molecule has 11 heteroatoms. The van der Waals surface area contributed by atoms with Crippen molar-refractivity contribution in [1.82, 2.24) is 34.7 Å². The molecule has 0 atom stereocenters. The largest absolute Gasteiger partial charge is 0.497 e. The number of nitrogens with zero attached hydrogens (tertiary/aromatic N) is 6. The van der Waals surface area contributed by atoms with Crippen molar-refractivity contribution in [2.45, 2.75) is 20.3 Å². The van der Waals surface area contributed by atoms with Crippen LogP contribution in [0.5, 0.6) is 5.75 Å². The number of pyridine rings is 3. The summed E-state index contributed by atoms with van der Waals surface area (Å²) in [6, 6.07) is 11.9. The van der Waals surface area contributed by atoms with E-state index in [0.29, 0.717) is 57.4 Å². The topological polar surface area (TPSA) is 124 Å². The van der Waals surface area contributed by atoms with Gasteiger partial charge in [0.05, 0.1) is 41.4 Å². The van der Waals surface area contributed by atoms with Crippen molar-refractivity contribution in [3.05, 3.63) is 66.9 Å². The smallest absolute Gasteiger partial charge is 0.224 e. The first-order valence-corrected chi connectivity index (χ1v) is 13.1. The van der Waals surface area contributed by atoms with Crippen molar-refractivity contribution >= 4 is 33.7 Å². The number of methoxy groups -OCH3 is 1. The van der Waals surface area contributed by atoms with Crippen molar-refractivity contribution in [3.63, 3.8) is 0 Å². The summed E-state index contributed by atoms with van der Waals surface area (Å²) in [7, 11) is 3.33. The fourth-order valence-corrected chi connectivity index (χ4v) is 4.77. The minimum atomic E-state index is -0.431. The Kier molecular flexibility index (Phi) is 6.62. The third-order valence-electron chi connectivity index (χ3n) is 6.61. The summed E-state index contributed by atoms with van der Waals surface area (Å²) in [4.78, 5) is 34.1. The van der Waals surface area contributed by atoms with E-state index >= 15 is 0 Å². The van der Waals surface area contributed by atoms with Gasteiger partial charge in [-0.15, -0.1) is 0 Å². The summed E-state index contributed by atoms with van der Waals surface area (Å²) in [5.41, 5.74) is 6.38. The Morgan fingerprint density at radius 1 is 1.05 bits per heavy atom. The number of imidazole rings is 1. The van der Waals surface area contributed by atoms with Crippen molar-refractivity contribution < 1.29 is 13.9 Å². The molecule has 0 saturated heterocycles. The SMILES string of the molecule is COc1cc(F)cc(-c2nccc3[nH]c(-c4nn(C)c5ccc(-c6cncc(NC(=O)CC(C)C)c6)nc45)nc23)c1. The van der Waals surface area contributed by atoms with E-state index in [2.05, 4.69) is 20.3 Å². The maximum atomic E-state index is 14.3. The molecule has 41 heavy (non-hydrogen) atoms. The Labute approximate surface area is 234 Å². The molecule has 5 heterocycles. The Balaban J connectivity index is 1.41. The molecule has 206 valence electrons. The third-order valence-corrected chi connectivity index (χ3v) is 6.61. The standard InChI is InChI=1S/C30H27FN8O2/c1-16(2)9-25(40)34-20-11-18(14-32-15-20)22-5-6-24-28(35-22)29(38-39(24)3)30-36-23-7-8-33-26(27(23)37-30)17-10-19(31)13-21(12-17)41-4/h5-8,10-16H,9H2,1-4H3,(H,34,40)(H,36,37). The third kappa shape index (κ3) is 5.09. The van der Waals surface area contributed by atoms with Crippen LogP contribution in [0.3, 0.4) is 0 Å². The van der Waals surface area contributed by atoms with Crippen molar-refractivity contribution in [1.29, 1.82) is 0 Å². The lowest BCUT2D eigenvalue weighted by Crippen LogP contribution is -2.14. The van der Waals surface area contributed by atoms with Gasteiger partial charge in [0, 0.05) is 43.1 Å². The second-order valence-corrected chi connectivity index (χ2v) is 10.2. The molecule has 1 aromatic carbocycles. The molecule has 10 nitrogen and oxygen atoms in total. The highest BCUT2D eigenvalue weighted by molar-refractivity contribution is 5.96. The zero-order valence-electron chi connectivity index (χ0n) is 22.9. The number of halogens is 1. The Morgan fingerprint density at radius 2 is 1.90 bits per heavy atom. The van der Waals surface area contributed by atoms with Crippen LogP contribution in [0.2, 0.25) is 0 Å². The second kappa shape index (κ2) is 10.4. The summed E-state index contributed by atoms with van der Waals surface area (Å²) < 4.78 is 21.3. The molecule has 0 radical (unpaired) electrons. The van der Waals surface area contributed by atoms with Crippen LogP contribution in [0.1, 0.15) is 20.3 Å². The molecule has 0 saturated carbocycles. The minimum Gasteiger partial charge on any atom is -0.497 e. The normalized spacial score (nSPS) is 11.5. The van der Waals surface area contributed by atoms with Gasteiger partial charge in [-0.3, -0.25) is 19.4 Å². The number of anilines is 1. The maximum absolute atomic E-state index is 14.3. The highest BCUT2D eigenvalue weighted by atomic mass is 19.1. The molecular weight excluding hydrogens is 523 g/mol. The van der Waals surface area contributed by atoms with E-state index < -0.39 is 5.82 Å². The quantitative estimate of drug-likeness (QED) is 0.259. The molecule has 1 amide bonds. The van der Waals surface area contributed by atoms with Crippen LogP contribution >= 0.6 is 0 Å². The zero-order valence-corrected chi connectivity index (χ0v) is 22.9. The van der Waals surface area contributed by atoms with Gasteiger partial charge in [0.25, 0.3) is 0 Å². The maximum Gasteiger partial charge on any atom is 0.224 e. The Hall–Kier alpha value is -5.19. The average Bonchev–Trinajstić information content (AvgIpc) is 3.53. The number of rotatable bonds is 7. The van der Waals surface area contributed by atoms with E-state index in [-0.39, 0.29) is 11.8 Å². The number of aromatic amines is 1. The number of carbonyl (C=O) groups excluding carboxylic acids is 1. The van der Waals surface area contributed by atoms with Gasteiger partial charge in [-0.05, 0) is 42.3 Å². The van der Waals surface area contributed by atoms with Gasteiger partial charge >= 0.3 is 0 Å². The average molecular weight is 551 g/mol. The fraction of sp³-hybridized carbons (Fsp3) is 0.200.